The van der Waals surface area contributed by atoms with Gasteiger partial charge in [-0.2, -0.15) is 0 Å². The SMILES string of the molecule is O=C1N(CCS(=O)(=O)c2ccccc2)Cc2ccccc2[C@@H]2OC(c3ccc(O)cc3)=N[C@]12Cc1cccc(-c2ccc3c(c2)[C@@H]2OC(c4ccc(F)cc4)=N[C@]2(Cc2ccccc2)C(=O)N(CCS(=O)(=O)c2ccccc2)C3)c1. The Hall–Kier alpha value is -8.73. The molecule has 4 aliphatic heterocycles. The van der Waals surface area contributed by atoms with Crippen LogP contribution in [0, 0.1) is 5.82 Å². The topological polar surface area (TPSA) is 172 Å². The third-order valence-corrected chi connectivity index (χ3v) is 18.9. The lowest BCUT2D eigenvalue weighted by molar-refractivity contribution is -0.140. The molecule has 4 heterocycles. The molecule has 0 saturated heterocycles. The lowest BCUT2D eigenvalue weighted by Gasteiger charge is -2.33. The van der Waals surface area contributed by atoms with E-state index in [1.807, 2.05) is 97.1 Å². The normalized spacial score (nSPS) is 20.5. The zero-order valence-corrected chi connectivity index (χ0v) is 44.8. The third-order valence-electron chi connectivity index (χ3n) is 15.5. The Balaban J connectivity index is 0.952. The van der Waals surface area contributed by atoms with Crippen molar-refractivity contribution in [3.05, 3.63) is 257 Å². The molecule has 0 bridgehead atoms. The first-order valence-electron chi connectivity index (χ1n) is 26.2. The molecule has 8 aromatic rings. The number of aliphatic imine (C=N–C) groups is 2. The molecule has 0 radical (unpaired) electrons. The quantitative estimate of drug-likeness (QED) is 0.105. The fourth-order valence-corrected chi connectivity index (χ4v) is 13.9. The van der Waals surface area contributed by atoms with Gasteiger partial charge in [0, 0.05) is 61.3 Å². The summed E-state index contributed by atoms with van der Waals surface area (Å²) < 4.78 is 83.3. The highest BCUT2D eigenvalue weighted by atomic mass is 32.2. The van der Waals surface area contributed by atoms with Gasteiger partial charge in [0.15, 0.2) is 43.0 Å². The highest BCUT2D eigenvalue weighted by Gasteiger charge is 2.58. The highest BCUT2D eigenvalue weighted by Crippen LogP contribution is 2.49. The zero-order chi connectivity index (χ0) is 55.2. The Bertz CT molecular complexity index is 3980. The van der Waals surface area contributed by atoms with E-state index in [2.05, 4.69) is 0 Å². The molecular formula is C64H53FN4O9S2. The van der Waals surface area contributed by atoms with Crippen LogP contribution in [0.3, 0.4) is 0 Å². The van der Waals surface area contributed by atoms with E-state index < -0.39 is 60.6 Å². The van der Waals surface area contributed by atoms with Gasteiger partial charge in [0.25, 0.3) is 11.8 Å². The minimum absolute atomic E-state index is 0.0310. The summed E-state index contributed by atoms with van der Waals surface area (Å²) >= 11 is 0. The Morgan fingerprint density at radius 2 is 0.938 bits per heavy atom. The summed E-state index contributed by atoms with van der Waals surface area (Å²) in [6, 6.07) is 58.9. The predicted molar refractivity (Wildman–Crippen MR) is 301 cm³/mol. The molecule has 4 aliphatic rings. The number of carbonyl (C=O) groups excluding carboxylic acids is 2. The van der Waals surface area contributed by atoms with Crippen molar-refractivity contribution in [2.75, 3.05) is 24.6 Å². The van der Waals surface area contributed by atoms with Crippen LogP contribution in [0.15, 0.2) is 226 Å². The van der Waals surface area contributed by atoms with Crippen LogP contribution >= 0.6 is 0 Å². The molecule has 0 aliphatic carbocycles. The molecule has 4 atom stereocenters. The van der Waals surface area contributed by atoms with E-state index in [-0.39, 0.29) is 77.9 Å². The predicted octanol–water partition coefficient (Wildman–Crippen LogP) is 9.83. The van der Waals surface area contributed by atoms with Crippen LogP contribution < -0.4 is 0 Å². The second-order valence-corrected chi connectivity index (χ2v) is 24.8. The first-order valence-corrected chi connectivity index (χ1v) is 29.6. The van der Waals surface area contributed by atoms with Crippen LogP contribution in [-0.2, 0) is 64.7 Å². The van der Waals surface area contributed by atoms with Crippen molar-refractivity contribution in [2.24, 2.45) is 9.98 Å². The number of carbonyl (C=O) groups is 2. The molecule has 0 saturated carbocycles. The van der Waals surface area contributed by atoms with Gasteiger partial charge in [-0.15, -0.1) is 0 Å². The number of hydrogen-bond acceptors (Lipinski definition) is 11. The minimum atomic E-state index is -3.83. The molecule has 0 aromatic heterocycles. The molecule has 8 aromatic carbocycles. The molecule has 0 fully saturated rings. The summed E-state index contributed by atoms with van der Waals surface area (Å²) in [4.78, 5) is 45.1. The number of rotatable bonds is 15. The van der Waals surface area contributed by atoms with Gasteiger partial charge >= 0.3 is 0 Å². The van der Waals surface area contributed by atoms with E-state index in [1.54, 1.807) is 82.6 Å². The fraction of sp³-hybridized carbons (Fsp3) is 0.188. The third kappa shape index (κ3) is 9.83. The number of halogens is 1. The average molecular weight is 1110 g/mol. The number of phenolic OH excluding ortho intramolecular Hbond substituents is 1. The minimum Gasteiger partial charge on any atom is -0.508 e. The van der Waals surface area contributed by atoms with E-state index in [1.165, 1.54) is 36.4 Å². The maximum atomic E-state index is 15.7. The molecule has 80 heavy (non-hydrogen) atoms. The summed E-state index contributed by atoms with van der Waals surface area (Å²) in [6.45, 7) is -0.0988. The van der Waals surface area contributed by atoms with Crippen molar-refractivity contribution in [1.82, 2.24) is 9.80 Å². The molecule has 0 unspecified atom stereocenters. The first kappa shape index (κ1) is 52.0. The summed E-state index contributed by atoms with van der Waals surface area (Å²) in [6.07, 6.45) is -1.83. The second kappa shape index (κ2) is 20.8. The fourth-order valence-electron chi connectivity index (χ4n) is 11.4. The van der Waals surface area contributed by atoms with Crippen LogP contribution in [0.2, 0.25) is 0 Å². The number of sulfone groups is 2. The summed E-state index contributed by atoms with van der Waals surface area (Å²) in [5, 5.41) is 10.2. The number of amides is 2. The van der Waals surface area contributed by atoms with Crippen LogP contribution in [0.25, 0.3) is 11.1 Å². The van der Waals surface area contributed by atoms with Gasteiger partial charge in [0.2, 0.25) is 11.8 Å². The average Bonchev–Trinajstić information content (AvgIpc) is 4.19. The second-order valence-electron chi connectivity index (χ2n) is 20.6. The lowest BCUT2D eigenvalue weighted by atomic mass is 9.80. The van der Waals surface area contributed by atoms with Crippen molar-refractivity contribution in [2.45, 2.75) is 59.0 Å². The molecule has 16 heteroatoms. The maximum Gasteiger partial charge on any atom is 0.255 e. The smallest absolute Gasteiger partial charge is 0.255 e. The van der Waals surface area contributed by atoms with E-state index in [0.717, 1.165) is 27.8 Å². The van der Waals surface area contributed by atoms with E-state index in [9.17, 15) is 26.3 Å². The van der Waals surface area contributed by atoms with Crippen molar-refractivity contribution in [1.29, 1.82) is 0 Å². The molecular weight excluding hydrogens is 1050 g/mol. The standard InChI is InChI=1S/C64H53FN4O9S2/c65-51-29-25-45(26-30-51)59-66-63(39-43-13-4-1-5-14-43)58(78-59)56-38-48(23-24-50(56)42-69(61(63)71)34-36-80(75,76)54-20-8-3-9-21-54)47-17-12-15-44(37-47)40-64-57(77-60(67-64)46-27-31-52(70)32-28-46)55-22-11-10-16-49(55)41-68(62(64)72)33-35-79(73,74)53-18-6-2-7-19-53/h1-32,37-38,57-58,70H,33-36,39-42H2/t57-,58-,63-,64-/m0/s1. The Kier molecular flexibility index (Phi) is 13.5. The van der Waals surface area contributed by atoms with Crippen molar-refractivity contribution in [3.8, 4) is 16.9 Å². The molecule has 0 spiro atoms. The van der Waals surface area contributed by atoms with E-state index in [0.29, 0.717) is 27.8 Å². The summed E-state index contributed by atoms with van der Waals surface area (Å²) in [7, 11) is -7.63. The Morgan fingerprint density at radius 3 is 1.51 bits per heavy atom. The molecule has 2 amide bonds. The Morgan fingerprint density at radius 1 is 0.487 bits per heavy atom. The number of fused-ring (bicyclic) bond motifs is 6. The summed E-state index contributed by atoms with van der Waals surface area (Å²) in [5.74, 6) is -1.61. The van der Waals surface area contributed by atoms with Crippen molar-refractivity contribution >= 4 is 43.3 Å². The van der Waals surface area contributed by atoms with Crippen molar-refractivity contribution < 1.29 is 45.4 Å². The highest BCUT2D eigenvalue weighted by molar-refractivity contribution is 7.91. The zero-order valence-electron chi connectivity index (χ0n) is 43.1. The van der Waals surface area contributed by atoms with Gasteiger partial charge in [-0.25, -0.2) is 31.2 Å². The number of ether oxygens (including phenoxy) is 2. The first-order chi connectivity index (χ1) is 38.7. The molecule has 1 N–H and O–H groups in total. The van der Waals surface area contributed by atoms with Crippen LogP contribution in [0.5, 0.6) is 5.75 Å². The maximum absolute atomic E-state index is 15.7. The van der Waals surface area contributed by atoms with Crippen LogP contribution in [-0.4, -0.2) is 91.0 Å². The summed E-state index contributed by atoms with van der Waals surface area (Å²) in [5.41, 5.74) is 3.58. The van der Waals surface area contributed by atoms with Gasteiger partial charge in [-0.1, -0.05) is 127 Å². The molecule has 402 valence electrons. The number of nitrogens with zero attached hydrogens (tertiary/aromatic N) is 4. The van der Waals surface area contributed by atoms with Gasteiger partial charge < -0.3 is 24.4 Å². The van der Waals surface area contributed by atoms with E-state index in [4.69, 9.17) is 19.5 Å². The van der Waals surface area contributed by atoms with Gasteiger partial charge in [0.1, 0.15) is 11.6 Å². The lowest BCUT2D eigenvalue weighted by Crippen LogP contribution is -2.50. The molecule has 12 rings (SSSR count). The van der Waals surface area contributed by atoms with Gasteiger partial charge in [-0.05, 0) is 112 Å². The van der Waals surface area contributed by atoms with Crippen LogP contribution in [0.4, 0.5) is 4.39 Å². The largest absolute Gasteiger partial charge is 0.508 e. The van der Waals surface area contributed by atoms with E-state index >= 15 is 9.59 Å². The number of phenols is 1. The number of hydrogen-bond donors (Lipinski definition) is 1. The number of aromatic hydroxyl groups is 1. The van der Waals surface area contributed by atoms with Gasteiger partial charge in [-0.3, -0.25) is 9.59 Å². The van der Waals surface area contributed by atoms with Gasteiger partial charge in [0.05, 0.1) is 21.3 Å². The number of benzene rings is 8. The monoisotopic (exact) mass is 1100 g/mol. The molecule has 13 nitrogen and oxygen atoms in total. The Labute approximate surface area is 463 Å². The van der Waals surface area contributed by atoms with Crippen molar-refractivity contribution in [3.63, 3.8) is 0 Å². The van der Waals surface area contributed by atoms with Crippen LogP contribution in [0.1, 0.15) is 56.7 Å².